The molecular formula is C20H31N5O3. The summed E-state index contributed by atoms with van der Waals surface area (Å²) in [6.45, 7) is 8.65. The number of fused-ring (bicyclic) bond motifs is 1. The highest BCUT2D eigenvalue weighted by Crippen LogP contribution is 2.36. The molecule has 2 heterocycles. The molecule has 3 N–H and O–H groups in total. The fraction of sp³-hybridized carbons (Fsp3) is 0.650. The maximum Gasteiger partial charge on any atom is 0.414 e. The molecule has 1 fully saturated rings. The summed E-state index contributed by atoms with van der Waals surface area (Å²) in [6.07, 6.45) is 3.53. The molecule has 1 aromatic heterocycles. The molecular weight excluding hydrogens is 358 g/mol. The maximum absolute atomic E-state index is 12.7. The highest BCUT2D eigenvalue weighted by atomic mass is 16.6. The van der Waals surface area contributed by atoms with Crippen molar-refractivity contribution in [2.75, 3.05) is 29.4 Å². The van der Waals surface area contributed by atoms with E-state index in [2.05, 4.69) is 10.3 Å². The van der Waals surface area contributed by atoms with Gasteiger partial charge in [0.1, 0.15) is 0 Å². The van der Waals surface area contributed by atoms with Gasteiger partial charge in [-0.2, -0.15) is 0 Å². The average molecular weight is 390 g/mol. The van der Waals surface area contributed by atoms with E-state index < -0.39 is 6.09 Å². The minimum atomic E-state index is -0.425. The standard InChI is InChI=1S/C20H31N5O3/c1-12(2)28-20(27)24-11-13(3)25(14(4)26)19-18(24)7-15(9-23-19)16(8-21)10-22-17-5-6-17/h7,9,12-13,16-17,22H,5-6,8,10-11,21H2,1-4H3/t13-,16?/m0/s1. The van der Waals surface area contributed by atoms with Gasteiger partial charge in [0.05, 0.1) is 24.4 Å². The molecule has 0 bridgehead atoms. The second-order valence-electron chi connectivity index (χ2n) is 8.01. The Morgan fingerprint density at radius 2 is 2.11 bits per heavy atom. The van der Waals surface area contributed by atoms with Crippen molar-refractivity contribution in [1.82, 2.24) is 10.3 Å². The van der Waals surface area contributed by atoms with Crippen LogP contribution < -0.4 is 20.9 Å². The van der Waals surface area contributed by atoms with Crippen LogP contribution in [0.15, 0.2) is 12.3 Å². The maximum atomic E-state index is 12.7. The smallest absolute Gasteiger partial charge is 0.414 e. The first-order valence-corrected chi connectivity index (χ1v) is 10.0. The Kier molecular flexibility index (Phi) is 6.20. The van der Waals surface area contributed by atoms with Crippen molar-refractivity contribution >= 4 is 23.5 Å². The zero-order valence-corrected chi connectivity index (χ0v) is 17.1. The number of carbonyl (C=O) groups excluding carboxylic acids is 2. The van der Waals surface area contributed by atoms with E-state index in [4.69, 9.17) is 10.5 Å². The molecule has 2 amide bonds. The minimum absolute atomic E-state index is 0.0893. The molecule has 0 saturated heterocycles. The van der Waals surface area contributed by atoms with Crippen LogP contribution in [0.1, 0.15) is 52.0 Å². The van der Waals surface area contributed by atoms with Crippen LogP contribution in [0.4, 0.5) is 16.3 Å². The van der Waals surface area contributed by atoms with E-state index >= 15 is 0 Å². The topological polar surface area (TPSA) is 101 Å². The normalized spacial score (nSPS) is 20.1. The Bertz CT molecular complexity index is 735. The summed E-state index contributed by atoms with van der Waals surface area (Å²) in [7, 11) is 0. The van der Waals surface area contributed by atoms with Crippen LogP contribution in [-0.2, 0) is 9.53 Å². The number of nitrogens with zero attached hydrogens (tertiary/aromatic N) is 3. The molecule has 28 heavy (non-hydrogen) atoms. The summed E-state index contributed by atoms with van der Waals surface area (Å²) in [6, 6.07) is 2.33. The number of pyridine rings is 1. The van der Waals surface area contributed by atoms with Gasteiger partial charge in [-0.3, -0.25) is 14.6 Å². The third-order valence-electron chi connectivity index (χ3n) is 5.16. The Hall–Kier alpha value is -2.19. The van der Waals surface area contributed by atoms with Crippen molar-refractivity contribution in [3.8, 4) is 0 Å². The number of hydrogen-bond donors (Lipinski definition) is 2. The predicted molar refractivity (Wildman–Crippen MR) is 109 cm³/mol. The number of rotatable bonds is 6. The van der Waals surface area contributed by atoms with E-state index in [1.165, 1.54) is 19.8 Å². The molecule has 8 nitrogen and oxygen atoms in total. The van der Waals surface area contributed by atoms with Crippen molar-refractivity contribution in [2.24, 2.45) is 5.73 Å². The number of carbonyl (C=O) groups is 2. The van der Waals surface area contributed by atoms with Gasteiger partial charge in [-0.15, -0.1) is 0 Å². The molecule has 1 saturated carbocycles. The van der Waals surface area contributed by atoms with Crippen LogP contribution in [0.25, 0.3) is 0 Å². The zero-order chi connectivity index (χ0) is 20.4. The van der Waals surface area contributed by atoms with Crippen molar-refractivity contribution in [3.05, 3.63) is 17.8 Å². The number of anilines is 2. The highest BCUT2D eigenvalue weighted by molar-refractivity contribution is 6.01. The molecule has 2 aliphatic rings. The average Bonchev–Trinajstić information content (AvgIpc) is 3.45. The van der Waals surface area contributed by atoms with Gasteiger partial charge in [0.15, 0.2) is 5.82 Å². The van der Waals surface area contributed by atoms with Gasteiger partial charge in [-0.25, -0.2) is 9.78 Å². The molecule has 0 radical (unpaired) electrons. The Morgan fingerprint density at radius 3 is 2.68 bits per heavy atom. The predicted octanol–water partition coefficient (Wildman–Crippen LogP) is 1.98. The zero-order valence-electron chi connectivity index (χ0n) is 17.1. The van der Waals surface area contributed by atoms with E-state index in [0.29, 0.717) is 30.6 Å². The first-order chi connectivity index (χ1) is 13.3. The molecule has 1 aliphatic carbocycles. The van der Waals surface area contributed by atoms with Gasteiger partial charge in [0, 0.05) is 38.2 Å². The number of nitrogens with two attached hydrogens (primary N) is 1. The van der Waals surface area contributed by atoms with Gasteiger partial charge in [-0.05, 0) is 45.2 Å². The van der Waals surface area contributed by atoms with Gasteiger partial charge in [0.2, 0.25) is 5.91 Å². The summed E-state index contributed by atoms with van der Waals surface area (Å²) >= 11 is 0. The van der Waals surface area contributed by atoms with Crippen LogP contribution >= 0.6 is 0 Å². The molecule has 1 aliphatic heterocycles. The van der Waals surface area contributed by atoms with Gasteiger partial charge in [-0.1, -0.05) is 0 Å². The third-order valence-corrected chi connectivity index (χ3v) is 5.16. The Labute approximate surface area is 166 Å². The Morgan fingerprint density at radius 1 is 1.39 bits per heavy atom. The van der Waals surface area contributed by atoms with E-state index in [1.807, 2.05) is 26.8 Å². The van der Waals surface area contributed by atoms with E-state index in [0.717, 1.165) is 12.1 Å². The van der Waals surface area contributed by atoms with Gasteiger partial charge >= 0.3 is 6.09 Å². The first-order valence-electron chi connectivity index (χ1n) is 10.0. The van der Waals surface area contributed by atoms with Crippen LogP contribution in [0.5, 0.6) is 0 Å². The number of ether oxygens (including phenoxy) is 1. The fourth-order valence-corrected chi connectivity index (χ4v) is 3.55. The largest absolute Gasteiger partial charge is 0.446 e. The lowest BCUT2D eigenvalue weighted by Crippen LogP contribution is -2.52. The van der Waals surface area contributed by atoms with Crippen LogP contribution in [0, 0.1) is 0 Å². The fourth-order valence-electron chi connectivity index (χ4n) is 3.55. The van der Waals surface area contributed by atoms with Crippen LogP contribution in [0.2, 0.25) is 0 Å². The number of hydrogen-bond acceptors (Lipinski definition) is 6. The van der Waals surface area contributed by atoms with E-state index in [9.17, 15) is 9.59 Å². The van der Waals surface area contributed by atoms with E-state index in [-0.39, 0.29) is 24.0 Å². The molecule has 8 heteroatoms. The minimum Gasteiger partial charge on any atom is -0.446 e. The Balaban J connectivity index is 1.95. The summed E-state index contributed by atoms with van der Waals surface area (Å²) in [4.78, 5) is 32.7. The van der Waals surface area contributed by atoms with Crippen molar-refractivity contribution in [1.29, 1.82) is 0 Å². The molecule has 0 aromatic carbocycles. The van der Waals surface area contributed by atoms with Gasteiger partial charge < -0.3 is 15.8 Å². The second-order valence-corrected chi connectivity index (χ2v) is 8.01. The SMILES string of the molecule is CC(=O)N1c2ncc(C(CN)CNC3CC3)cc2N(C(=O)OC(C)C)C[C@@H]1C. The van der Waals surface area contributed by atoms with E-state index in [1.54, 1.807) is 16.0 Å². The van der Waals surface area contributed by atoms with Crippen LogP contribution in [-0.4, -0.2) is 54.8 Å². The molecule has 154 valence electrons. The molecule has 3 rings (SSSR count). The monoisotopic (exact) mass is 389 g/mol. The van der Waals surface area contributed by atoms with Gasteiger partial charge in [0.25, 0.3) is 0 Å². The van der Waals surface area contributed by atoms with Crippen molar-refractivity contribution in [3.63, 3.8) is 0 Å². The number of aromatic nitrogens is 1. The molecule has 1 aromatic rings. The summed E-state index contributed by atoms with van der Waals surface area (Å²) in [5.41, 5.74) is 7.56. The summed E-state index contributed by atoms with van der Waals surface area (Å²) in [5, 5.41) is 3.50. The molecule has 2 atom stereocenters. The van der Waals surface area contributed by atoms with Crippen molar-refractivity contribution < 1.29 is 14.3 Å². The summed E-state index contributed by atoms with van der Waals surface area (Å²) < 4.78 is 5.42. The van der Waals surface area contributed by atoms with Crippen LogP contribution in [0.3, 0.4) is 0 Å². The van der Waals surface area contributed by atoms with Crippen molar-refractivity contribution in [2.45, 2.75) is 64.6 Å². The molecule has 1 unspecified atom stereocenters. The quantitative estimate of drug-likeness (QED) is 0.772. The number of nitrogens with one attached hydrogen (secondary N) is 1. The number of amides is 2. The lowest BCUT2D eigenvalue weighted by atomic mass is 9.99. The third kappa shape index (κ3) is 4.44. The highest BCUT2D eigenvalue weighted by Gasteiger charge is 2.36. The molecule has 0 spiro atoms. The lowest BCUT2D eigenvalue weighted by molar-refractivity contribution is -0.117. The second kappa shape index (κ2) is 8.45. The first kappa shape index (κ1) is 20.5. The lowest BCUT2D eigenvalue weighted by Gasteiger charge is -2.39. The summed E-state index contributed by atoms with van der Waals surface area (Å²) in [5.74, 6) is 0.477.